The number of carbonyl (C=O) groups is 1. The molecular weight excluding hydrogens is 204 g/mol. The third-order valence-corrected chi connectivity index (χ3v) is 3.84. The van der Waals surface area contributed by atoms with Crippen LogP contribution >= 0.6 is 0 Å². The maximum atomic E-state index is 11.7. The molecule has 16 heavy (non-hydrogen) atoms. The highest BCUT2D eigenvalue weighted by Crippen LogP contribution is 2.36. The van der Waals surface area contributed by atoms with Gasteiger partial charge >= 0.3 is 5.97 Å². The minimum atomic E-state index is -0.733. The molecule has 0 aromatic heterocycles. The van der Waals surface area contributed by atoms with Gasteiger partial charge in [0.1, 0.15) is 5.54 Å². The van der Waals surface area contributed by atoms with Crippen molar-refractivity contribution in [2.24, 2.45) is 11.7 Å². The number of methoxy groups -OCH3 is 1. The minimum absolute atomic E-state index is 0.242. The number of esters is 1. The van der Waals surface area contributed by atoms with Crippen LogP contribution in [0.4, 0.5) is 0 Å². The van der Waals surface area contributed by atoms with E-state index in [2.05, 4.69) is 18.9 Å². The summed E-state index contributed by atoms with van der Waals surface area (Å²) in [6.45, 7) is 4.16. The highest BCUT2D eigenvalue weighted by molar-refractivity contribution is 5.81. The van der Waals surface area contributed by atoms with Crippen LogP contribution < -0.4 is 5.73 Å². The van der Waals surface area contributed by atoms with E-state index in [1.807, 2.05) is 0 Å². The summed E-state index contributed by atoms with van der Waals surface area (Å²) in [5.41, 5.74) is 5.46. The molecule has 1 fully saturated rings. The molecule has 0 spiro atoms. The molecule has 94 valence electrons. The lowest BCUT2D eigenvalue weighted by Gasteiger charge is -2.29. The van der Waals surface area contributed by atoms with Gasteiger partial charge in [0, 0.05) is 0 Å². The van der Waals surface area contributed by atoms with Crippen LogP contribution in [0.2, 0.25) is 0 Å². The predicted octanol–water partition coefficient (Wildman–Crippen LogP) is 0.999. The molecule has 0 bridgehead atoms. The molecule has 1 saturated carbocycles. The van der Waals surface area contributed by atoms with Gasteiger partial charge in [-0.15, -0.1) is 0 Å². The first-order valence-electron chi connectivity index (χ1n) is 6.10. The third kappa shape index (κ3) is 2.74. The van der Waals surface area contributed by atoms with E-state index in [1.165, 1.54) is 7.11 Å². The topological polar surface area (TPSA) is 55.6 Å². The average molecular weight is 228 g/mol. The lowest BCUT2D eigenvalue weighted by atomic mass is 9.85. The van der Waals surface area contributed by atoms with E-state index in [9.17, 15) is 4.79 Å². The Kier molecular flexibility index (Phi) is 4.74. The number of carbonyl (C=O) groups excluding carboxylic acids is 1. The van der Waals surface area contributed by atoms with Crippen LogP contribution in [0.15, 0.2) is 0 Å². The fourth-order valence-corrected chi connectivity index (χ4v) is 2.50. The maximum absolute atomic E-state index is 11.7. The average Bonchev–Trinajstić information content (AvgIpc) is 2.67. The van der Waals surface area contributed by atoms with Crippen molar-refractivity contribution in [3.63, 3.8) is 0 Å². The monoisotopic (exact) mass is 228 g/mol. The Hall–Kier alpha value is -0.610. The van der Waals surface area contributed by atoms with Gasteiger partial charge in [0.05, 0.1) is 7.11 Å². The van der Waals surface area contributed by atoms with Crippen LogP contribution in [0, 0.1) is 5.92 Å². The summed E-state index contributed by atoms with van der Waals surface area (Å²) in [5, 5.41) is 0. The van der Waals surface area contributed by atoms with E-state index in [1.54, 1.807) is 0 Å². The summed E-state index contributed by atoms with van der Waals surface area (Å²) in [7, 11) is 3.51. The summed E-state index contributed by atoms with van der Waals surface area (Å²) in [4.78, 5) is 13.9. The second kappa shape index (κ2) is 5.64. The van der Waals surface area contributed by atoms with Crippen molar-refractivity contribution in [3.8, 4) is 0 Å². The molecule has 0 aromatic carbocycles. The first kappa shape index (κ1) is 13.5. The first-order chi connectivity index (χ1) is 7.54. The molecule has 1 aliphatic rings. The Morgan fingerprint density at radius 3 is 2.88 bits per heavy atom. The first-order valence-corrected chi connectivity index (χ1v) is 6.10. The molecular formula is C12H24N2O2. The van der Waals surface area contributed by atoms with E-state index < -0.39 is 5.54 Å². The Labute approximate surface area is 98.1 Å². The molecule has 4 nitrogen and oxygen atoms in total. The number of ether oxygens (including phenoxy) is 1. The fraction of sp³-hybridized carbons (Fsp3) is 0.917. The van der Waals surface area contributed by atoms with Crippen LogP contribution in [-0.4, -0.2) is 43.7 Å². The standard InChI is InChI=1S/C12H24N2O2/c1-4-14(2)9-7-10-6-5-8-12(10,13)11(15)16-3/h10H,4-9,13H2,1-3H3. The molecule has 0 amide bonds. The van der Waals surface area contributed by atoms with Crippen LogP contribution in [0.3, 0.4) is 0 Å². The maximum Gasteiger partial charge on any atom is 0.326 e. The van der Waals surface area contributed by atoms with Crippen molar-refractivity contribution in [2.75, 3.05) is 27.2 Å². The van der Waals surface area contributed by atoms with Crippen molar-refractivity contribution < 1.29 is 9.53 Å². The Morgan fingerprint density at radius 1 is 1.62 bits per heavy atom. The smallest absolute Gasteiger partial charge is 0.326 e. The van der Waals surface area contributed by atoms with E-state index in [0.29, 0.717) is 0 Å². The second-order valence-corrected chi connectivity index (χ2v) is 4.81. The summed E-state index contributed by atoms with van der Waals surface area (Å²) in [5.74, 6) is 0.0306. The lowest BCUT2D eigenvalue weighted by molar-refractivity contribution is -0.148. The molecule has 0 aromatic rings. The molecule has 0 saturated heterocycles. The Morgan fingerprint density at radius 2 is 2.31 bits per heavy atom. The number of nitrogens with two attached hydrogens (primary N) is 1. The predicted molar refractivity (Wildman–Crippen MR) is 64.1 cm³/mol. The zero-order chi connectivity index (χ0) is 12.2. The van der Waals surface area contributed by atoms with Gasteiger partial charge in [-0.25, -0.2) is 0 Å². The third-order valence-electron chi connectivity index (χ3n) is 3.84. The highest BCUT2D eigenvalue weighted by atomic mass is 16.5. The van der Waals surface area contributed by atoms with Crippen LogP contribution in [0.25, 0.3) is 0 Å². The largest absolute Gasteiger partial charge is 0.468 e. The van der Waals surface area contributed by atoms with Gasteiger partial charge < -0.3 is 15.4 Å². The van der Waals surface area contributed by atoms with E-state index in [4.69, 9.17) is 10.5 Å². The van der Waals surface area contributed by atoms with Crippen LogP contribution in [-0.2, 0) is 9.53 Å². The number of nitrogens with zero attached hydrogens (tertiary/aromatic N) is 1. The molecule has 2 unspecified atom stereocenters. The van der Waals surface area contributed by atoms with E-state index in [-0.39, 0.29) is 11.9 Å². The summed E-state index contributed by atoms with van der Waals surface area (Å²) in [6, 6.07) is 0. The van der Waals surface area contributed by atoms with Gasteiger partial charge in [0.2, 0.25) is 0 Å². The highest BCUT2D eigenvalue weighted by Gasteiger charge is 2.46. The van der Waals surface area contributed by atoms with Crippen LogP contribution in [0.1, 0.15) is 32.6 Å². The van der Waals surface area contributed by atoms with Crippen LogP contribution in [0.5, 0.6) is 0 Å². The molecule has 4 heteroatoms. The van der Waals surface area contributed by atoms with E-state index >= 15 is 0 Å². The zero-order valence-corrected chi connectivity index (χ0v) is 10.7. The summed E-state index contributed by atoms with van der Waals surface area (Å²) >= 11 is 0. The second-order valence-electron chi connectivity index (χ2n) is 4.81. The molecule has 0 radical (unpaired) electrons. The Bertz CT molecular complexity index is 245. The van der Waals surface area contributed by atoms with Gasteiger partial charge in [-0.05, 0) is 45.3 Å². The lowest BCUT2D eigenvalue weighted by Crippen LogP contribution is -2.52. The number of rotatable bonds is 5. The SMILES string of the molecule is CCN(C)CCC1CCCC1(N)C(=O)OC. The molecule has 0 heterocycles. The summed E-state index contributed by atoms with van der Waals surface area (Å²) < 4.78 is 4.82. The van der Waals surface area contributed by atoms with Gasteiger partial charge in [-0.2, -0.15) is 0 Å². The fourth-order valence-electron chi connectivity index (χ4n) is 2.50. The van der Waals surface area contributed by atoms with Crippen molar-refractivity contribution in [1.29, 1.82) is 0 Å². The molecule has 2 atom stereocenters. The van der Waals surface area contributed by atoms with Crippen molar-refractivity contribution in [2.45, 2.75) is 38.1 Å². The van der Waals surface area contributed by atoms with Gasteiger partial charge in [-0.3, -0.25) is 4.79 Å². The van der Waals surface area contributed by atoms with Gasteiger partial charge in [0.25, 0.3) is 0 Å². The molecule has 0 aliphatic heterocycles. The summed E-state index contributed by atoms with van der Waals surface area (Å²) in [6.07, 6.45) is 3.82. The molecule has 2 N–H and O–H groups in total. The molecule has 1 rings (SSSR count). The molecule has 1 aliphatic carbocycles. The minimum Gasteiger partial charge on any atom is -0.468 e. The van der Waals surface area contributed by atoms with Gasteiger partial charge in [0.15, 0.2) is 0 Å². The van der Waals surface area contributed by atoms with Gasteiger partial charge in [-0.1, -0.05) is 13.3 Å². The van der Waals surface area contributed by atoms with E-state index in [0.717, 1.165) is 38.8 Å². The quantitative estimate of drug-likeness (QED) is 0.713. The number of hydrogen-bond acceptors (Lipinski definition) is 4. The zero-order valence-electron chi connectivity index (χ0n) is 10.7. The number of hydrogen-bond donors (Lipinski definition) is 1. The van der Waals surface area contributed by atoms with Crippen molar-refractivity contribution in [3.05, 3.63) is 0 Å². The Balaban J connectivity index is 2.55. The van der Waals surface area contributed by atoms with Crippen molar-refractivity contribution in [1.82, 2.24) is 4.90 Å². The van der Waals surface area contributed by atoms with Crippen molar-refractivity contribution >= 4 is 5.97 Å². The normalized spacial score (nSPS) is 29.7.